The number of fused-ring (bicyclic) bond motifs is 1. The molecule has 166 valence electrons. The molecule has 1 aliphatic carbocycles. The Kier molecular flexibility index (Phi) is 5.94. The van der Waals surface area contributed by atoms with Gasteiger partial charge < -0.3 is 10.4 Å². The summed E-state index contributed by atoms with van der Waals surface area (Å²) in [5.74, 6) is 5.60. The van der Waals surface area contributed by atoms with Crippen molar-refractivity contribution in [1.29, 1.82) is 0 Å². The summed E-state index contributed by atoms with van der Waals surface area (Å²) >= 11 is 0. The molecular formula is C27H30FN3O. The molecule has 0 fully saturated rings. The molecule has 1 atom stereocenters. The van der Waals surface area contributed by atoms with E-state index in [0.29, 0.717) is 0 Å². The summed E-state index contributed by atoms with van der Waals surface area (Å²) in [7, 11) is 0. The molecule has 0 amide bonds. The molecule has 5 heteroatoms. The fourth-order valence-corrected chi connectivity index (χ4v) is 4.20. The molecule has 1 aliphatic rings. The van der Waals surface area contributed by atoms with Crippen LogP contribution in [0.1, 0.15) is 62.5 Å². The SMILES string of the molecule is CC(C)(O)C#Cc1ccc(CN[C@H]2CC(C)(C)Cc3c2cnn3-c2ccc(F)cc2)cc1. The molecule has 1 heterocycles. The van der Waals surface area contributed by atoms with Gasteiger partial charge in [0, 0.05) is 29.4 Å². The van der Waals surface area contributed by atoms with Gasteiger partial charge in [-0.2, -0.15) is 5.10 Å². The number of rotatable bonds is 4. The average molecular weight is 432 g/mol. The van der Waals surface area contributed by atoms with Gasteiger partial charge in [-0.15, -0.1) is 0 Å². The maximum absolute atomic E-state index is 13.4. The molecule has 0 unspecified atom stereocenters. The molecule has 32 heavy (non-hydrogen) atoms. The van der Waals surface area contributed by atoms with Crippen LogP contribution >= 0.6 is 0 Å². The van der Waals surface area contributed by atoms with Crippen LogP contribution in [0.3, 0.4) is 0 Å². The molecule has 1 aromatic heterocycles. The van der Waals surface area contributed by atoms with Crippen LogP contribution in [-0.4, -0.2) is 20.5 Å². The predicted molar refractivity (Wildman–Crippen MR) is 125 cm³/mol. The van der Waals surface area contributed by atoms with E-state index in [1.54, 1.807) is 26.0 Å². The first-order valence-corrected chi connectivity index (χ1v) is 11.0. The van der Waals surface area contributed by atoms with E-state index in [0.717, 1.165) is 30.6 Å². The Morgan fingerprint density at radius 3 is 2.50 bits per heavy atom. The lowest BCUT2D eigenvalue weighted by atomic mass is 9.74. The van der Waals surface area contributed by atoms with Gasteiger partial charge in [0.05, 0.1) is 11.9 Å². The van der Waals surface area contributed by atoms with Crippen LogP contribution < -0.4 is 5.32 Å². The lowest BCUT2D eigenvalue weighted by Gasteiger charge is -2.36. The second kappa shape index (κ2) is 8.54. The molecule has 4 nitrogen and oxygen atoms in total. The first-order chi connectivity index (χ1) is 15.1. The predicted octanol–water partition coefficient (Wildman–Crippen LogP) is 4.94. The number of aliphatic hydroxyl groups is 1. The topological polar surface area (TPSA) is 50.1 Å². The highest BCUT2D eigenvalue weighted by atomic mass is 19.1. The molecule has 3 aromatic rings. The van der Waals surface area contributed by atoms with E-state index in [4.69, 9.17) is 0 Å². The first-order valence-electron chi connectivity index (χ1n) is 11.0. The Morgan fingerprint density at radius 1 is 1.16 bits per heavy atom. The Morgan fingerprint density at radius 2 is 1.84 bits per heavy atom. The van der Waals surface area contributed by atoms with Crippen molar-refractivity contribution in [1.82, 2.24) is 15.1 Å². The summed E-state index contributed by atoms with van der Waals surface area (Å²) in [6, 6.07) is 14.8. The fraction of sp³-hybridized carbons (Fsp3) is 0.370. The third-order valence-corrected chi connectivity index (χ3v) is 5.77. The van der Waals surface area contributed by atoms with Crippen LogP contribution in [0, 0.1) is 23.1 Å². The smallest absolute Gasteiger partial charge is 0.123 e. The van der Waals surface area contributed by atoms with E-state index in [9.17, 15) is 9.50 Å². The van der Waals surface area contributed by atoms with Crippen molar-refractivity contribution >= 4 is 0 Å². The summed E-state index contributed by atoms with van der Waals surface area (Å²) in [4.78, 5) is 0. The number of hydrogen-bond acceptors (Lipinski definition) is 3. The van der Waals surface area contributed by atoms with E-state index in [1.807, 2.05) is 23.0 Å². The van der Waals surface area contributed by atoms with Gasteiger partial charge in [0.25, 0.3) is 0 Å². The molecule has 2 N–H and O–H groups in total. The van der Waals surface area contributed by atoms with Crippen LogP contribution in [0.5, 0.6) is 0 Å². The summed E-state index contributed by atoms with van der Waals surface area (Å²) in [5, 5.41) is 18.1. The highest BCUT2D eigenvalue weighted by Crippen LogP contribution is 2.41. The second-order valence-electron chi connectivity index (χ2n) is 9.92. The molecule has 2 aromatic carbocycles. The molecular weight excluding hydrogens is 401 g/mol. The summed E-state index contributed by atoms with van der Waals surface area (Å²) in [6.07, 6.45) is 3.89. The summed E-state index contributed by atoms with van der Waals surface area (Å²) < 4.78 is 15.3. The minimum atomic E-state index is -0.996. The lowest BCUT2D eigenvalue weighted by molar-refractivity contribution is 0.143. The van der Waals surface area contributed by atoms with Crippen LogP contribution in [-0.2, 0) is 13.0 Å². The van der Waals surface area contributed by atoms with Crippen LogP contribution in [0.4, 0.5) is 4.39 Å². The van der Waals surface area contributed by atoms with Gasteiger partial charge in [0.15, 0.2) is 0 Å². The van der Waals surface area contributed by atoms with Gasteiger partial charge in [-0.25, -0.2) is 9.07 Å². The Hall–Kier alpha value is -2.94. The largest absolute Gasteiger partial charge is 0.378 e. The van der Waals surface area contributed by atoms with Gasteiger partial charge >= 0.3 is 0 Å². The summed E-state index contributed by atoms with van der Waals surface area (Å²) in [5.41, 5.74) is 4.46. The Bertz CT molecular complexity index is 1140. The van der Waals surface area contributed by atoms with Gasteiger partial charge in [-0.05, 0) is 74.1 Å². The first kappa shape index (κ1) is 22.3. The maximum atomic E-state index is 13.4. The third-order valence-electron chi connectivity index (χ3n) is 5.77. The van der Waals surface area contributed by atoms with Crippen molar-refractivity contribution in [2.75, 3.05) is 0 Å². The second-order valence-corrected chi connectivity index (χ2v) is 9.92. The summed E-state index contributed by atoms with van der Waals surface area (Å²) in [6.45, 7) is 8.65. The number of benzene rings is 2. The maximum Gasteiger partial charge on any atom is 0.123 e. The zero-order chi connectivity index (χ0) is 22.9. The van der Waals surface area contributed by atoms with Crippen molar-refractivity contribution in [2.24, 2.45) is 5.41 Å². The number of nitrogens with one attached hydrogen (secondary N) is 1. The van der Waals surface area contributed by atoms with Crippen molar-refractivity contribution in [3.8, 4) is 17.5 Å². The van der Waals surface area contributed by atoms with E-state index >= 15 is 0 Å². The fourth-order valence-electron chi connectivity index (χ4n) is 4.20. The number of halogens is 1. The molecule has 0 bridgehead atoms. The van der Waals surface area contributed by atoms with Crippen molar-refractivity contribution in [2.45, 2.75) is 58.7 Å². The van der Waals surface area contributed by atoms with E-state index in [2.05, 4.69) is 48.2 Å². The van der Waals surface area contributed by atoms with Crippen molar-refractivity contribution in [3.05, 3.63) is 82.9 Å². The monoisotopic (exact) mass is 431 g/mol. The third kappa shape index (κ3) is 5.27. The average Bonchev–Trinajstić information content (AvgIpc) is 3.14. The zero-order valence-electron chi connectivity index (χ0n) is 19.1. The molecule has 4 rings (SSSR count). The van der Waals surface area contributed by atoms with Gasteiger partial charge in [0.2, 0.25) is 0 Å². The highest BCUT2D eigenvalue weighted by Gasteiger charge is 2.35. The molecule has 0 radical (unpaired) electrons. The van der Waals surface area contributed by atoms with Crippen LogP contribution in [0.25, 0.3) is 5.69 Å². The zero-order valence-corrected chi connectivity index (χ0v) is 19.1. The van der Waals surface area contributed by atoms with Gasteiger partial charge in [-0.1, -0.05) is 37.8 Å². The van der Waals surface area contributed by atoms with Gasteiger partial charge in [0.1, 0.15) is 11.4 Å². The Balaban J connectivity index is 1.51. The lowest BCUT2D eigenvalue weighted by Crippen LogP contribution is -2.33. The van der Waals surface area contributed by atoms with Gasteiger partial charge in [-0.3, -0.25) is 0 Å². The number of hydrogen-bond donors (Lipinski definition) is 2. The van der Waals surface area contributed by atoms with E-state index < -0.39 is 5.60 Å². The quantitative estimate of drug-likeness (QED) is 0.576. The minimum Gasteiger partial charge on any atom is -0.378 e. The van der Waals surface area contributed by atoms with Crippen molar-refractivity contribution < 1.29 is 9.50 Å². The molecule has 0 spiro atoms. The Labute approximate surface area is 189 Å². The molecule has 0 saturated carbocycles. The van der Waals surface area contributed by atoms with E-state index in [-0.39, 0.29) is 17.3 Å². The molecule has 0 aliphatic heterocycles. The molecule has 0 saturated heterocycles. The minimum absolute atomic E-state index is 0.124. The van der Waals surface area contributed by atoms with E-state index in [1.165, 1.54) is 29.0 Å². The van der Waals surface area contributed by atoms with Crippen LogP contribution in [0.2, 0.25) is 0 Å². The van der Waals surface area contributed by atoms with Crippen molar-refractivity contribution in [3.63, 3.8) is 0 Å². The highest BCUT2D eigenvalue weighted by molar-refractivity contribution is 5.39. The normalized spacial score (nSPS) is 17.4. The number of nitrogens with zero attached hydrogens (tertiary/aromatic N) is 2. The number of aromatic nitrogens is 2. The standard InChI is InChI=1S/C27H30FN3O/c1-26(2)15-24(29-17-20-7-5-19(6-8-20)13-14-27(3,4)32)23-18-30-31(25(23)16-26)22-11-9-21(28)10-12-22/h5-12,18,24,29,32H,15-17H2,1-4H3/t24-/m0/s1. The van der Waals surface area contributed by atoms with Crippen LogP contribution in [0.15, 0.2) is 54.7 Å².